The molecule has 0 aromatic rings. The van der Waals surface area contributed by atoms with Crippen LogP contribution in [0.3, 0.4) is 0 Å². The molecule has 9 fully saturated rings. The fraction of sp³-hybridized carbons (Fsp3) is 0.868. The van der Waals surface area contributed by atoms with Crippen molar-refractivity contribution in [1.29, 1.82) is 0 Å². The highest BCUT2D eigenvalue weighted by Gasteiger charge is 2.68. The van der Waals surface area contributed by atoms with E-state index >= 15 is 0 Å². The molecule has 0 aliphatic carbocycles. The first-order chi connectivity index (χ1) is 23.1. The average molecular weight is 673 g/mol. The fourth-order valence-electron chi connectivity index (χ4n) is 10.2. The summed E-state index contributed by atoms with van der Waals surface area (Å²) in [5.74, 6) is -0.00318. The van der Waals surface area contributed by atoms with Gasteiger partial charge in [-0.15, -0.1) is 0 Å². The molecule has 0 amide bonds. The molecule has 10 heteroatoms. The van der Waals surface area contributed by atoms with Crippen molar-refractivity contribution < 1.29 is 47.4 Å². The van der Waals surface area contributed by atoms with Crippen LogP contribution in [0.5, 0.6) is 0 Å². The lowest BCUT2D eigenvalue weighted by molar-refractivity contribution is -0.292. The van der Waals surface area contributed by atoms with E-state index in [-0.39, 0.29) is 97.2 Å². The Hall–Kier alpha value is -1.21. The number of hydrogen-bond donors (Lipinski definition) is 0. The lowest BCUT2D eigenvalue weighted by Gasteiger charge is -2.47. The number of ether oxygens (including phenoxy) is 9. The molecule has 268 valence electrons. The van der Waals surface area contributed by atoms with Crippen LogP contribution in [-0.2, 0) is 47.4 Å². The van der Waals surface area contributed by atoms with Crippen molar-refractivity contribution in [3.8, 4) is 0 Å². The monoisotopic (exact) mass is 672 g/mol. The van der Waals surface area contributed by atoms with Crippen LogP contribution in [0.2, 0.25) is 0 Å². The van der Waals surface area contributed by atoms with Crippen LogP contribution in [0, 0.1) is 11.8 Å². The van der Waals surface area contributed by atoms with E-state index in [9.17, 15) is 4.79 Å². The van der Waals surface area contributed by atoms with Crippen LogP contribution in [-0.4, -0.2) is 111 Å². The van der Waals surface area contributed by atoms with Crippen LogP contribution in [0.15, 0.2) is 24.3 Å². The van der Waals surface area contributed by atoms with Crippen LogP contribution in [0.4, 0.5) is 0 Å². The van der Waals surface area contributed by atoms with E-state index in [1.54, 1.807) is 7.11 Å². The Morgan fingerprint density at radius 2 is 1.58 bits per heavy atom. The van der Waals surface area contributed by atoms with E-state index < -0.39 is 5.79 Å². The fourth-order valence-corrected chi connectivity index (χ4v) is 10.2. The van der Waals surface area contributed by atoms with E-state index in [1.807, 2.05) is 13.8 Å². The summed E-state index contributed by atoms with van der Waals surface area (Å²) in [6, 6.07) is 0. The predicted molar refractivity (Wildman–Crippen MR) is 174 cm³/mol. The van der Waals surface area contributed by atoms with E-state index in [1.165, 1.54) is 11.1 Å². The Kier molecular flexibility index (Phi) is 9.47. The molecule has 9 rings (SSSR count). The molecule has 9 heterocycles. The third kappa shape index (κ3) is 6.30. The van der Waals surface area contributed by atoms with Gasteiger partial charge >= 0.3 is 0 Å². The first kappa shape index (κ1) is 33.9. The minimum absolute atomic E-state index is 0.0105. The van der Waals surface area contributed by atoms with Crippen LogP contribution >= 0.6 is 0 Å². The quantitative estimate of drug-likeness (QED) is 0.279. The second-order valence-electron chi connectivity index (χ2n) is 16.2. The highest BCUT2D eigenvalue weighted by molar-refractivity contribution is 5.79. The number of ketones is 1. The van der Waals surface area contributed by atoms with Crippen molar-refractivity contribution in [2.45, 2.75) is 183 Å². The number of carbonyl (C=O) groups excluding carboxylic acids is 1. The van der Waals surface area contributed by atoms with Gasteiger partial charge in [0.25, 0.3) is 0 Å². The number of rotatable bonds is 11. The molecule has 9 saturated heterocycles. The molecule has 0 saturated carbocycles. The molecule has 0 radical (unpaired) electrons. The van der Waals surface area contributed by atoms with Gasteiger partial charge in [0.1, 0.15) is 36.3 Å². The van der Waals surface area contributed by atoms with Gasteiger partial charge in [0.15, 0.2) is 5.79 Å². The number of carbonyl (C=O) groups is 1. The summed E-state index contributed by atoms with van der Waals surface area (Å²) in [5.41, 5.74) is 2.37. The maximum atomic E-state index is 13.3. The third-order valence-electron chi connectivity index (χ3n) is 12.9. The predicted octanol–water partition coefficient (Wildman–Crippen LogP) is 5.00. The molecule has 0 aromatic carbocycles. The van der Waals surface area contributed by atoms with Crippen molar-refractivity contribution in [3.63, 3.8) is 0 Å². The molecule has 0 spiro atoms. The van der Waals surface area contributed by atoms with Crippen LogP contribution < -0.4 is 0 Å². The minimum atomic E-state index is -0.754. The maximum Gasteiger partial charge on any atom is 0.172 e. The maximum absolute atomic E-state index is 13.3. The zero-order chi connectivity index (χ0) is 33.3. The molecule has 48 heavy (non-hydrogen) atoms. The smallest absolute Gasteiger partial charge is 0.172 e. The average Bonchev–Trinajstić information content (AvgIpc) is 3.71. The molecule has 10 nitrogen and oxygen atoms in total. The number of fused-ring (bicyclic) bond motifs is 1. The zero-order valence-corrected chi connectivity index (χ0v) is 29.2. The van der Waals surface area contributed by atoms with Gasteiger partial charge in [-0.2, -0.15) is 0 Å². The van der Waals surface area contributed by atoms with Crippen molar-refractivity contribution in [3.05, 3.63) is 24.3 Å². The zero-order valence-electron chi connectivity index (χ0n) is 29.2. The first-order valence-corrected chi connectivity index (χ1v) is 18.7. The SMILES string of the molecule is C=C1CC(CC[C@@]23C[C@H]4OC5C(O2)[C@H]2OC(CC(=O)CC6[C@H](C)O[C@H](C)[C@@H]6OC)CCC2O[C@H]5C4O3)OC1CC[C@H]1C[C@@H](C)C(=C)CO1. The van der Waals surface area contributed by atoms with Gasteiger partial charge in [-0.05, 0) is 75.9 Å². The highest BCUT2D eigenvalue weighted by atomic mass is 16.8. The summed E-state index contributed by atoms with van der Waals surface area (Å²) in [6.45, 7) is 15.5. The highest BCUT2D eigenvalue weighted by Crippen LogP contribution is 2.54. The molecular weight excluding hydrogens is 616 g/mol. The molecule has 6 bridgehead atoms. The van der Waals surface area contributed by atoms with E-state index in [0.717, 1.165) is 51.4 Å². The van der Waals surface area contributed by atoms with E-state index in [0.29, 0.717) is 31.8 Å². The molecule has 9 aliphatic rings. The largest absolute Gasteiger partial charge is 0.378 e. The summed E-state index contributed by atoms with van der Waals surface area (Å²) < 4.78 is 57.9. The van der Waals surface area contributed by atoms with Gasteiger partial charge in [-0.25, -0.2) is 0 Å². The van der Waals surface area contributed by atoms with Gasteiger partial charge in [-0.1, -0.05) is 20.1 Å². The molecule has 0 N–H and O–H groups in total. The Morgan fingerprint density at radius 3 is 2.40 bits per heavy atom. The molecule has 0 aromatic heterocycles. The Balaban J connectivity index is 0.870. The standard InChI is InChI=1S/C38H56O10/c1-19-13-25(41-18-21(19)3)7-9-29-20(2)14-27(43-29)11-12-38-17-31-34(47-38)35-36(46-31)37(48-38)33-30(45-35)10-8-26(44-33)15-24(39)16-28-22(4)42-23(5)32(28)40-6/h19,22-23,25-37H,2-3,7-18H2,1,4-6H3/t19-,22+,23-,25+,26?,27?,28?,29?,30?,31-,32+,33+,34?,35+,36?,37?,38+/m1/s1. The summed E-state index contributed by atoms with van der Waals surface area (Å²) in [7, 11) is 1.70. The lowest BCUT2D eigenvalue weighted by atomic mass is 9.85. The van der Waals surface area contributed by atoms with Crippen LogP contribution in [0.1, 0.15) is 91.4 Å². The third-order valence-corrected chi connectivity index (χ3v) is 12.9. The number of Topliss-reactive ketones (excluding diaryl/α,β-unsaturated/α-hetero) is 1. The second kappa shape index (κ2) is 13.4. The molecule has 8 unspecified atom stereocenters. The van der Waals surface area contributed by atoms with Crippen LogP contribution in [0.25, 0.3) is 0 Å². The summed E-state index contributed by atoms with van der Waals surface area (Å²) >= 11 is 0. The van der Waals surface area contributed by atoms with Gasteiger partial charge in [0.05, 0.1) is 61.5 Å². The normalized spacial score (nSPS) is 51.0. The van der Waals surface area contributed by atoms with Gasteiger partial charge in [-0.3, -0.25) is 4.79 Å². The number of hydrogen-bond acceptors (Lipinski definition) is 10. The first-order valence-electron chi connectivity index (χ1n) is 18.7. The van der Waals surface area contributed by atoms with Crippen molar-refractivity contribution in [1.82, 2.24) is 0 Å². The van der Waals surface area contributed by atoms with Gasteiger partial charge in [0, 0.05) is 38.7 Å². The molecular formula is C38H56O10. The van der Waals surface area contributed by atoms with E-state index in [4.69, 9.17) is 42.6 Å². The Labute approximate surface area is 285 Å². The van der Waals surface area contributed by atoms with E-state index in [2.05, 4.69) is 20.1 Å². The van der Waals surface area contributed by atoms with Gasteiger partial charge < -0.3 is 42.6 Å². The Morgan fingerprint density at radius 1 is 0.792 bits per heavy atom. The summed E-state index contributed by atoms with van der Waals surface area (Å²) in [6.07, 6.45) is 7.33. The molecule has 17 atom stereocenters. The topological polar surface area (TPSA) is 100 Å². The van der Waals surface area contributed by atoms with Crippen molar-refractivity contribution in [2.24, 2.45) is 11.8 Å². The van der Waals surface area contributed by atoms with Crippen molar-refractivity contribution >= 4 is 5.78 Å². The second-order valence-corrected chi connectivity index (χ2v) is 16.2. The lowest BCUT2D eigenvalue weighted by Crippen LogP contribution is -2.61. The van der Waals surface area contributed by atoms with Crippen molar-refractivity contribution in [2.75, 3.05) is 13.7 Å². The minimum Gasteiger partial charge on any atom is -0.378 e. The summed E-state index contributed by atoms with van der Waals surface area (Å²) in [4.78, 5) is 13.3. The Bertz CT molecular complexity index is 1240. The van der Waals surface area contributed by atoms with Gasteiger partial charge in [0.2, 0.25) is 0 Å². The summed E-state index contributed by atoms with van der Waals surface area (Å²) in [5, 5.41) is 0. The number of methoxy groups -OCH3 is 1. The molecule has 9 aliphatic heterocycles.